The van der Waals surface area contributed by atoms with Crippen LogP contribution < -0.4 is 5.32 Å². The first-order valence-corrected chi connectivity index (χ1v) is 7.90. The highest BCUT2D eigenvalue weighted by Gasteiger charge is 2.33. The van der Waals surface area contributed by atoms with Crippen LogP contribution in [-0.2, 0) is 0 Å². The van der Waals surface area contributed by atoms with Crippen LogP contribution in [0.15, 0.2) is 47.1 Å². The molecule has 24 heavy (non-hydrogen) atoms. The summed E-state index contributed by atoms with van der Waals surface area (Å²) >= 11 is 0. The summed E-state index contributed by atoms with van der Waals surface area (Å²) in [4.78, 5) is 12.0. The van der Waals surface area contributed by atoms with Crippen molar-refractivity contribution < 1.29 is 18.7 Å². The Labute approximate surface area is 139 Å². The van der Waals surface area contributed by atoms with Gasteiger partial charge in [0.1, 0.15) is 11.4 Å². The molecule has 0 bridgehead atoms. The van der Waals surface area contributed by atoms with Crippen LogP contribution in [0.5, 0.6) is 0 Å². The van der Waals surface area contributed by atoms with Gasteiger partial charge in [-0.2, -0.15) is 0 Å². The van der Waals surface area contributed by atoms with E-state index in [1.54, 1.807) is 24.3 Å². The molecule has 0 aliphatic heterocycles. The molecular weight excluding hydrogens is 309 g/mol. The predicted octanol–water partition coefficient (Wildman–Crippen LogP) is 2.87. The van der Waals surface area contributed by atoms with E-state index in [9.17, 15) is 14.3 Å². The number of carbonyl (C=O) groups is 1. The first kappa shape index (κ1) is 16.3. The molecule has 1 saturated carbocycles. The molecule has 1 aromatic carbocycles. The van der Waals surface area contributed by atoms with Crippen molar-refractivity contribution in [2.24, 2.45) is 0 Å². The predicted molar refractivity (Wildman–Crippen MR) is 86.7 cm³/mol. The van der Waals surface area contributed by atoms with E-state index in [0.717, 1.165) is 12.8 Å². The molecule has 124 valence electrons. The van der Waals surface area contributed by atoms with Gasteiger partial charge in [-0.25, -0.2) is 4.39 Å². The van der Waals surface area contributed by atoms with Crippen LogP contribution >= 0.6 is 0 Å². The number of furan rings is 1. The van der Waals surface area contributed by atoms with Gasteiger partial charge in [-0.3, -0.25) is 4.79 Å². The van der Waals surface area contributed by atoms with E-state index in [1.807, 2.05) is 0 Å². The number of halogens is 1. The van der Waals surface area contributed by atoms with E-state index in [1.165, 1.54) is 18.4 Å². The van der Waals surface area contributed by atoms with Crippen LogP contribution in [0, 0.1) is 17.7 Å². The number of nitrogens with one attached hydrogen (secondary N) is 1. The van der Waals surface area contributed by atoms with Crippen molar-refractivity contribution in [3.8, 4) is 11.8 Å². The molecule has 0 radical (unpaired) electrons. The number of benzene rings is 1. The Morgan fingerprint density at radius 3 is 3.00 bits per heavy atom. The smallest absolute Gasteiger partial charge is 0.287 e. The average Bonchev–Trinajstić information content (AvgIpc) is 3.08. The molecule has 5 heteroatoms. The average molecular weight is 327 g/mol. The van der Waals surface area contributed by atoms with Gasteiger partial charge < -0.3 is 14.8 Å². The van der Waals surface area contributed by atoms with Crippen molar-refractivity contribution in [3.05, 3.63) is 59.8 Å². The lowest BCUT2D eigenvalue weighted by Gasteiger charge is -2.33. The van der Waals surface area contributed by atoms with Crippen LogP contribution in [0.4, 0.5) is 4.39 Å². The first-order valence-electron chi connectivity index (χ1n) is 7.90. The number of hydrogen-bond donors (Lipinski definition) is 2. The molecule has 2 atom stereocenters. The third-order valence-electron chi connectivity index (χ3n) is 4.07. The van der Waals surface area contributed by atoms with Crippen molar-refractivity contribution >= 4 is 5.91 Å². The topological polar surface area (TPSA) is 62.5 Å². The Kier molecular flexibility index (Phi) is 4.68. The lowest BCUT2D eigenvalue weighted by Crippen LogP contribution is -2.45. The largest absolute Gasteiger partial charge is 0.459 e. The van der Waals surface area contributed by atoms with Crippen LogP contribution in [0.1, 0.15) is 41.8 Å². The molecule has 2 aromatic rings. The fraction of sp³-hybridized carbons (Fsp3) is 0.316. The number of rotatable bonds is 2. The number of hydrogen-bond acceptors (Lipinski definition) is 3. The molecule has 0 saturated heterocycles. The number of amides is 1. The van der Waals surface area contributed by atoms with Crippen molar-refractivity contribution in [1.82, 2.24) is 5.32 Å². The molecule has 4 nitrogen and oxygen atoms in total. The van der Waals surface area contributed by atoms with Gasteiger partial charge in [0.05, 0.1) is 6.26 Å². The molecule has 0 spiro atoms. The van der Waals surface area contributed by atoms with Gasteiger partial charge in [-0.1, -0.05) is 17.9 Å². The number of carbonyl (C=O) groups excluding carboxylic acids is 1. The van der Waals surface area contributed by atoms with E-state index in [2.05, 4.69) is 17.2 Å². The van der Waals surface area contributed by atoms with E-state index in [4.69, 9.17) is 4.42 Å². The van der Waals surface area contributed by atoms with Gasteiger partial charge in [-0.15, -0.1) is 0 Å². The Hall–Kier alpha value is -2.58. The SMILES string of the molecule is O=C(N[C@H]1CCC[C@@](O)(C#Cc2cccc(F)c2)C1)c1ccco1. The first-order chi connectivity index (χ1) is 11.5. The molecular formula is C19H18FNO3. The maximum atomic E-state index is 13.2. The fourth-order valence-electron chi connectivity index (χ4n) is 2.91. The molecule has 2 N–H and O–H groups in total. The van der Waals surface area contributed by atoms with Crippen molar-refractivity contribution in [1.29, 1.82) is 0 Å². The summed E-state index contributed by atoms with van der Waals surface area (Å²) in [5, 5.41) is 13.5. The molecule has 1 aromatic heterocycles. The van der Waals surface area contributed by atoms with Crippen LogP contribution in [-0.4, -0.2) is 22.7 Å². The quantitative estimate of drug-likeness (QED) is 0.834. The van der Waals surface area contributed by atoms with E-state index in [-0.39, 0.29) is 23.5 Å². The Bertz CT molecular complexity index is 775. The number of aliphatic hydroxyl groups is 1. The van der Waals surface area contributed by atoms with Gasteiger partial charge in [0.2, 0.25) is 0 Å². The minimum absolute atomic E-state index is 0.178. The maximum absolute atomic E-state index is 13.2. The summed E-state index contributed by atoms with van der Waals surface area (Å²) < 4.78 is 18.2. The second-order valence-electron chi connectivity index (χ2n) is 6.04. The summed E-state index contributed by atoms with van der Waals surface area (Å²) in [6, 6.07) is 9.01. The summed E-state index contributed by atoms with van der Waals surface area (Å²) in [5.41, 5.74) is -0.670. The zero-order valence-electron chi connectivity index (χ0n) is 13.1. The van der Waals surface area contributed by atoms with Gasteiger partial charge in [-0.05, 0) is 49.6 Å². The van der Waals surface area contributed by atoms with E-state index >= 15 is 0 Å². The van der Waals surface area contributed by atoms with Gasteiger partial charge >= 0.3 is 0 Å². The third kappa shape index (κ3) is 4.03. The van der Waals surface area contributed by atoms with Gasteiger partial charge in [0.15, 0.2) is 5.76 Å². The normalized spacial score (nSPS) is 23.2. The molecule has 1 fully saturated rings. The molecule has 3 rings (SSSR count). The highest BCUT2D eigenvalue weighted by Crippen LogP contribution is 2.28. The second-order valence-corrected chi connectivity index (χ2v) is 6.04. The zero-order valence-corrected chi connectivity index (χ0v) is 13.1. The molecule has 1 heterocycles. The monoisotopic (exact) mass is 327 g/mol. The highest BCUT2D eigenvalue weighted by molar-refractivity contribution is 5.91. The van der Waals surface area contributed by atoms with Crippen LogP contribution in [0.2, 0.25) is 0 Å². The van der Waals surface area contributed by atoms with Crippen LogP contribution in [0.3, 0.4) is 0 Å². The molecule has 1 aliphatic carbocycles. The Morgan fingerprint density at radius 2 is 2.25 bits per heavy atom. The molecule has 0 unspecified atom stereocenters. The summed E-state index contributed by atoms with van der Waals surface area (Å²) in [6.45, 7) is 0. The van der Waals surface area contributed by atoms with Crippen molar-refractivity contribution in [2.75, 3.05) is 0 Å². The minimum Gasteiger partial charge on any atom is -0.459 e. The van der Waals surface area contributed by atoms with Crippen LogP contribution in [0.25, 0.3) is 0 Å². The zero-order chi connectivity index (χ0) is 17.0. The summed E-state index contributed by atoms with van der Waals surface area (Å²) in [6.07, 6.45) is 3.83. The second kappa shape index (κ2) is 6.90. The van der Waals surface area contributed by atoms with Crippen molar-refractivity contribution in [3.63, 3.8) is 0 Å². The maximum Gasteiger partial charge on any atom is 0.287 e. The lowest BCUT2D eigenvalue weighted by atomic mass is 9.82. The van der Waals surface area contributed by atoms with E-state index in [0.29, 0.717) is 18.4 Å². The third-order valence-corrected chi connectivity index (χ3v) is 4.07. The standard InChI is InChI=1S/C19H18FNO3/c20-15-5-1-4-14(12-15)8-10-19(23)9-2-6-16(13-19)21-18(22)17-7-3-11-24-17/h1,3-5,7,11-12,16,23H,2,6,9,13H2,(H,21,22)/t16-,19+/m0/s1. The minimum atomic E-state index is -1.19. The molecule has 1 amide bonds. The summed E-state index contributed by atoms with van der Waals surface area (Å²) in [5.74, 6) is 5.26. The van der Waals surface area contributed by atoms with Crippen molar-refractivity contribution in [2.45, 2.75) is 37.3 Å². The van der Waals surface area contributed by atoms with E-state index < -0.39 is 5.60 Å². The molecule has 1 aliphatic rings. The summed E-state index contributed by atoms with van der Waals surface area (Å²) in [7, 11) is 0. The van der Waals surface area contributed by atoms with Gasteiger partial charge in [0, 0.05) is 18.0 Å². The highest BCUT2D eigenvalue weighted by atomic mass is 19.1. The lowest BCUT2D eigenvalue weighted by molar-refractivity contribution is 0.0448. The Morgan fingerprint density at radius 1 is 1.38 bits per heavy atom. The Balaban J connectivity index is 1.67. The van der Waals surface area contributed by atoms with Gasteiger partial charge in [0.25, 0.3) is 5.91 Å². The fourth-order valence-corrected chi connectivity index (χ4v) is 2.91.